The zero-order valence-corrected chi connectivity index (χ0v) is 15.5. The fourth-order valence-corrected chi connectivity index (χ4v) is 3.64. The van der Waals surface area contributed by atoms with Crippen molar-refractivity contribution in [1.29, 1.82) is 0 Å². The zero-order chi connectivity index (χ0) is 19.2. The summed E-state index contributed by atoms with van der Waals surface area (Å²) in [7, 11) is 0. The molecule has 0 bridgehead atoms. The van der Waals surface area contributed by atoms with Crippen LogP contribution in [-0.4, -0.2) is 41.0 Å². The molecular weight excluding hydrogens is 340 g/mol. The number of hydrogen-bond donors (Lipinski definition) is 2. The van der Waals surface area contributed by atoms with Crippen LogP contribution in [0.25, 0.3) is 0 Å². The Balaban J connectivity index is 1.75. The molecule has 1 heterocycles. The zero-order valence-electron chi connectivity index (χ0n) is 15.5. The second kappa shape index (κ2) is 8.82. The Kier molecular flexibility index (Phi) is 6.24. The molecule has 2 N–H and O–H groups in total. The number of carbonyl (C=O) groups excluding carboxylic acids is 1. The Morgan fingerprint density at radius 3 is 2.11 bits per heavy atom. The van der Waals surface area contributed by atoms with Crippen molar-refractivity contribution in [2.75, 3.05) is 13.1 Å². The highest BCUT2D eigenvalue weighted by atomic mass is 16.4. The molecule has 2 aromatic rings. The monoisotopic (exact) mass is 366 g/mol. The minimum atomic E-state index is -0.779. The summed E-state index contributed by atoms with van der Waals surface area (Å²) in [5.74, 6) is -1.26. The topological polar surface area (TPSA) is 69.6 Å². The Hall–Kier alpha value is -2.66. The van der Waals surface area contributed by atoms with Gasteiger partial charge in [0.15, 0.2) is 0 Å². The molecular formula is C22H26N2O3. The number of nitrogens with one attached hydrogen (secondary N) is 1. The summed E-state index contributed by atoms with van der Waals surface area (Å²) in [5, 5.41) is 12.5. The molecule has 1 saturated heterocycles. The third kappa shape index (κ3) is 4.74. The number of likely N-dealkylation sites (tertiary alicyclic amines) is 1. The average molecular weight is 366 g/mol. The van der Waals surface area contributed by atoms with Crippen LogP contribution in [0.1, 0.15) is 36.9 Å². The molecule has 0 spiro atoms. The molecule has 0 aromatic heterocycles. The molecule has 1 aliphatic rings. The molecule has 5 nitrogen and oxygen atoms in total. The van der Waals surface area contributed by atoms with E-state index in [0.717, 1.165) is 24.1 Å². The van der Waals surface area contributed by atoms with E-state index in [2.05, 4.69) is 5.32 Å². The number of piperidine rings is 1. The van der Waals surface area contributed by atoms with E-state index in [1.165, 1.54) is 0 Å². The number of aliphatic carboxylic acids is 1. The highest BCUT2D eigenvalue weighted by Crippen LogP contribution is 2.23. The molecule has 0 saturated carbocycles. The standard InChI is InChI=1S/C22H26N2O3/c1-16(24-14-8-13-19(15-24)22(26)27)21(25)23-20(17-9-4-2-5-10-17)18-11-6-3-7-12-18/h2-7,9-12,16,19-20H,8,13-15H2,1H3,(H,23,25)(H,26,27). The number of amides is 1. The lowest BCUT2D eigenvalue weighted by molar-refractivity contribution is -0.145. The van der Waals surface area contributed by atoms with Gasteiger partial charge in [-0.05, 0) is 37.4 Å². The fraction of sp³-hybridized carbons (Fsp3) is 0.364. The molecule has 1 amide bonds. The van der Waals surface area contributed by atoms with Gasteiger partial charge < -0.3 is 10.4 Å². The molecule has 1 aliphatic heterocycles. The minimum Gasteiger partial charge on any atom is -0.481 e. The first-order valence-electron chi connectivity index (χ1n) is 9.43. The molecule has 2 unspecified atom stereocenters. The lowest BCUT2D eigenvalue weighted by Gasteiger charge is -2.35. The lowest BCUT2D eigenvalue weighted by atomic mass is 9.96. The van der Waals surface area contributed by atoms with Gasteiger partial charge in [-0.25, -0.2) is 0 Å². The average Bonchev–Trinajstić information content (AvgIpc) is 2.72. The van der Waals surface area contributed by atoms with Gasteiger partial charge in [0.05, 0.1) is 18.0 Å². The van der Waals surface area contributed by atoms with E-state index < -0.39 is 11.9 Å². The summed E-state index contributed by atoms with van der Waals surface area (Å²) in [5.41, 5.74) is 2.04. The van der Waals surface area contributed by atoms with Gasteiger partial charge in [0.2, 0.25) is 5.91 Å². The van der Waals surface area contributed by atoms with Crippen molar-refractivity contribution in [3.05, 3.63) is 71.8 Å². The summed E-state index contributed by atoms with van der Waals surface area (Å²) in [6.45, 7) is 3.03. The Morgan fingerprint density at radius 2 is 1.59 bits per heavy atom. The van der Waals surface area contributed by atoms with E-state index in [0.29, 0.717) is 13.0 Å². The number of carboxylic acid groups (broad SMARTS) is 1. The first-order chi connectivity index (χ1) is 13.1. The van der Waals surface area contributed by atoms with Crippen LogP contribution in [-0.2, 0) is 9.59 Å². The van der Waals surface area contributed by atoms with Crippen molar-refractivity contribution in [2.24, 2.45) is 5.92 Å². The van der Waals surface area contributed by atoms with Gasteiger partial charge in [-0.1, -0.05) is 60.7 Å². The van der Waals surface area contributed by atoms with Gasteiger partial charge in [0.25, 0.3) is 0 Å². The maximum atomic E-state index is 13.0. The van der Waals surface area contributed by atoms with E-state index in [1.54, 1.807) is 0 Å². The SMILES string of the molecule is CC(C(=O)NC(c1ccccc1)c1ccccc1)N1CCCC(C(=O)O)C1. The van der Waals surface area contributed by atoms with Crippen LogP contribution in [0.3, 0.4) is 0 Å². The highest BCUT2D eigenvalue weighted by molar-refractivity contribution is 5.82. The van der Waals surface area contributed by atoms with Crippen molar-refractivity contribution in [3.8, 4) is 0 Å². The van der Waals surface area contributed by atoms with Gasteiger partial charge in [0, 0.05) is 6.54 Å². The van der Waals surface area contributed by atoms with E-state index in [4.69, 9.17) is 0 Å². The van der Waals surface area contributed by atoms with Crippen molar-refractivity contribution >= 4 is 11.9 Å². The molecule has 2 aromatic carbocycles. The third-order valence-corrected chi connectivity index (χ3v) is 5.28. The molecule has 3 rings (SSSR count). The number of carbonyl (C=O) groups is 2. The molecule has 0 aliphatic carbocycles. The summed E-state index contributed by atoms with van der Waals surface area (Å²) < 4.78 is 0. The van der Waals surface area contributed by atoms with Crippen LogP contribution in [0.15, 0.2) is 60.7 Å². The fourth-order valence-electron chi connectivity index (χ4n) is 3.64. The van der Waals surface area contributed by atoms with E-state index in [-0.39, 0.29) is 18.0 Å². The van der Waals surface area contributed by atoms with Crippen molar-refractivity contribution in [3.63, 3.8) is 0 Å². The van der Waals surface area contributed by atoms with Crippen molar-refractivity contribution in [2.45, 2.75) is 31.8 Å². The lowest BCUT2D eigenvalue weighted by Crippen LogP contribution is -2.50. The molecule has 2 atom stereocenters. The first-order valence-corrected chi connectivity index (χ1v) is 9.43. The van der Waals surface area contributed by atoms with Crippen LogP contribution in [0.5, 0.6) is 0 Å². The largest absolute Gasteiger partial charge is 0.481 e. The predicted octanol–water partition coefficient (Wildman–Crippen LogP) is 3.08. The quantitative estimate of drug-likeness (QED) is 0.824. The molecule has 5 heteroatoms. The second-order valence-electron chi connectivity index (χ2n) is 7.11. The highest BCUT2D eigenvalue weighted by Gasteiger charge is 2.31. The maximum absolute atomic E-state index is 13.0. The van der Waals surface area contributed by atoms with Gasteiger partial charge in [-0.2, -0.15) is 0 Å². The van der Waals surface area contributed by atoms with Gasteiger partial charge in [0.1, 0.15) is 0 Å². The van der Waals surface area contributed by atoms with E-state index in [1.807, 2.05) is 72.5 Å². The number of rotatable bonds is 6. The summed E-state index contributed by atoms with van der Waals surface area (Å²) in [4.78, 5) is 26.3. The number of nitrogens with zero attached hydrogens (tertiary/aromatic N) is 1. The van der Waals surface area contributed by atoms with Crippen LogP contribution >= 0.6 is 0 Å². The Labute approximate surface area is 160 Å². The van der Waals surface area contributed by atoms with E-state index in [9.17, 15) is 14.7 Å². The van der Waals surface area contributed by atoms with Crippen LogP contribution in [0.4, 0.5) is 0 Å². The predicted molar refractivity (Wildman–Crippen MR) is 104 cm³/mol. The van der Waals surface area contributed by atoms with Crippen molar-refractivity contribution in [1.82, 2.24) is 10.2 Å². The minimum absolute atomic E-state index is 0.0845. The first kappa shape index (κ1) is 19.1. The van der Waals surface area contributed by atoms with Gasteiger partial charge in [-0.15, -0.1) is 0 Å². The summed E-state index contributed by atoms with van der Waals surface area (Å²) in [6, 6.07) is 19.2. The molecule has 27 heavy (non-hydrogen) atoms. The summed E-state index contributed by atoms with van der Waals surface area (Å²) >= 11 is 0. The number of hydrogen-bond acceptors (Lipinski definition) is 3. The molecule has 1 fully saturated rings. The molecule has 0 radical (unpaired) electrons. The number of benzene rings is 2. The Morgan fingerprint density at radius 1 is 1.04 bits per heavy atom. The van der Waals surface area contributed by atoms with Crippen LogP contribution in [0, 0.1) is 5.92 Å². The third-order valence-electron chi connectivity index (χ3n) is 5.28. The number of carboxylic acids is 1. The Bertz CT molecular complexity index is 724. The van der Waals surface area contributed by atoms with Crippen molar-refractivity contribution < 1.29 is 14.7 Å². The maximum Gasteiger partial charge on any atom is 0.307 e. The van der Waals surface area contributed by atoms with Gasteiger partial charge in [-0.3, -0.25) is 14.5 Å². The van der Waals surface area contributed by atoms with Crippen LogP contribution < -0.4 is 5.32 Å². The smallest absolute Gasteiger partial charge is 0.307 e. The second-order valence-corrected chi connectivity index (χ2v) is 7.11. The summed E-state index contributed by atoms with van der Waals surface area (Å²) in [6.07, 6.45) is 1.48. The van der Waals surface area contributed by atoms with Crippen LogP contribution in [0.2, 0.25) is 0 Å². The van der Waals surface area contributed by atoms with Gasteiger partial charge >= 0.3 is 5.97 Å². The molecule has 142 valence electrons. The normalized spacial score (nSPS) is 18.8. The van der Waals surface area contributed by atoms with E-state index >= 15 is 0 Å².